The molecule has 338 valence electrons. The molecule has 0 radical (unpaired) electrons. The highest BCUT2D eigenvalue weighted by Crippen LogP contribution is 2.52. The Kier molecular flexibility index (Phi) is 8.78. The number of fused-ring (bicyclic) bond motifs is 12. The molecule has 0 saturated heterocycles. The number of thiophene rings is 1. The number of rotatable bonds is 2. The van der Waals surface area contributed by atoms with Gasteiger partial charge in [0.25, 0.3) is 6.71 Å². The minimum atomic E-state index is -0.0660. The Balaban J connectivity index is 1.14. The van der Waals surface area contributed by atoms with Crippen LogP contribution in [0.15, 0.2) is 146 Å². The maximum Gasteiger partial charge on any atom is 0.329 e. The number of hydrogen-bond acceptors (Lipinski definition) is 3. The smallest absolute Gasteiger partial charge is 0.329 e. The van der Waals surface area contributed by atoms with E-state index in [9.17, 15) is 0 Å². The fraction of sp³-hybridized carbons (Fsp3) is 0.250. The van der Waals surface area contributed by atoms with Crippen molar-refractivity contribution in [2.24, 2.45) is 0 Å². The van der Waals surface area contributed by atoms with Crippen molar-refractivity contribution in [1.82, 2.24) is 0 Å². The van der Waals surface area contributed by atoms with Crippen molar-refractivity contribution in [2.75, 3.05) is 9.71 Å². The highest BCUT2D eigenvalue weighted by molar-refractivity contribution is 7.26. The fourth-order valence-corrected chi connectivity index (χ4v) is 13.5. The van der Waals surface area contributed by atoms with Crippen LogP contribution in [0.4, 0.5) is 28.4 Å². The summed E-state index contributed by atoms with van der Waals surface area (Å²) in [4.78, 5) is 5.45. The first-order valence-electron chi connectivity index (χ1n) is 25.2. The van der Waals surface area contributed by atoms with Crippen LogP contribution in [0.1, 0.15) is 105 Å². The fourth-order valence-electron chi connectivity index (χ4n) is 12.3. The third kappa shape index (κ3) is 6.18. The van der Waals surface area contributed by atoms with Crippen molar-refractivity contribution in [2.45, 2.75) is 105 Å². The van der Waals surface area contributed by atoms with Gasteiger partial charge in [-0.1, -0.05) is 192 Å². The first-order chi connectivity index (χ1) is 32.8. The molecule has 0 aliphatic carbocycles. The summed E-state index contributed by atoms with van der Waals surface area (Å²) in [5.41, 5.74) is 26.8. The van der Waals surface area contributed by atoms with Gasteiger partial charge in [0, 0.05) is 59.7 Å². The van der Waals surface area contributed by atoms with Gasteiger partial charge in [-0.05, 0) is 130 Å². The molecular formula is C64H60B2N2S. The van der Waals surface area contributed by atoms with Crippen LogP contribution >= 0.6 is 11.3 Å². The predicted octanol–water partition coefficient (Wildman–Crippen LogP) is 14.4. The lowest BCUT2D eigenvalue weighted by Crippen LogP contribution is -2.69. The van der Waals surface area contributed by atoms with Crippen LogP contribution in [0.2, 0.25) is 0 Å². The van der Waals surface area contributed by atoms with Gasteiger partial charge in [0.15, 0.2) is 0 Å². The van der Waals surface area contributed by atoms with Gasteiger partial charge < -0.3 is 9.71 Å². The van der Waals surface area contributed by atoms with Crippen molar-refractivity contribution in [3.8, 4) is 33.4 Å². The molecule has 1 aromatic heterocycles. The standard InChI is InChI=1S/C64H60B2N2S/c1-61(2,3)38-23-26-44-47-28-30-55-57-59(47)68-58-49(45-27-24-39(62(4,5)6)34-51(45)66(68)50(44)33-38)32-41(64(10,11)12)36-53(58)65(57)52-35-40(63(7,8)9)25-29-54(52)67(55)42-18-15-17-37(31-42)43-20-16-21-48-46-19-13-14-22-56(46)69-60(43)48/h13-36H,1-12H3. The highest BCUT2D eigenvalue weighted by atomic mass is 32.1. The molecule has 0 amide bonds. The van der Waals surface area contributed by atoms with E-state index < -0.39 is 0 Å². The van der Waals surface area contributed by atoms with Crippen LogP contribution in [0.25, 0.3) is 53.6 Å². The zero-order chi connectivity index (χ0) is 47.8. The topological polar surface area (TPSA) is 6.48 Å². The van der Waals surface area contributed by atoms with Crippen LogP contribution < -0.4 is 37.0 Å². The molecule has 0 unspecified atom stereocenters. The van der Waals surface area contributed by atoms with Gasteiger partial charge in [-0.2, -0.15) is 0 Å². The van der Waals surface area contributed by atoms with E-state index in [0.29, 0.717) is 0 Å². The van der Waals surface area contributed by atoms with Crippen LogP contribution in [0, 0.1) is 0 Å². The van der Waals surface area contributed by atoms with Gasteiger partial charge in [0.05, 0.1) is 0 Å². The highest BCUT2D eigenvalue weighted by Gasteiger charge is 2.52. The second-order valence-electron chi connectivity index (χ2n) is 24.6. The Bertz CT molecular complexity index is 3700. The molecule has 0 bridgehead atoms. The summed E-state index contributed by atoms with van der Waals surface area (Å²) in [6.07, 6.45) is 0. The summed E-state index contributed by atoms with van der Waals surface area (Å²) in [6.45, 7) is 28.5. The summed E-state index contributed by atoms with van der Waals surface area (Å²) in [6, 6.07) is 57.5. The Morgan fingerprint density at radius 2 is 0.971 bits per heavy atom. The zero-order valence-corrected chi connectivity index (χ0v) is 43.1. The van der Waals surface area contributed by atoms with Crippen molar-refractivity contribution in [1.29, 1.82) is 0 Å². The van der Waals surface area contributed by atoms with Crippen LogP contribution in [0.3, 0.4) is 0 Å². The van der Waals surface area contributed by atoms with Crippen molar-refractivity contribution < 1.29 is 0 Å². The van der Waals surface area contributed by atoms with Crippen molar-refractivity contribution in [3.63, 3.8) is 0 Å². The van der Waals surface area contributed by atoms with Gasteiger partial charge in [-0.15, -0.1) is 11.3 Å². The first kappa shape index (κ1) is 42.8. The van der Waals surface area contributed by atoms with E-state index >= 15 is 0 Å². The maximum absolute atomic E-state index is 2.83. The summed E-state index contributed by atoms with van der Waals surface area (Å²) >= 11 is 1.91. The van der Waals surface area contributed by atoms with Gasteiger partial charge in [-0.25, -0.2) is 0 Å². The van der Waals surface area contributed by atoms with E-state index in [1.54, 1.807) is 0 Å². The molecule has 0 atom stereocenters. The molecule has 0 spiro atoms. The molecule has 0 fully saturated rings. The summed E-state index contributed by atoms with van der Waals surface area (Å²) in [5, 5.41) is 2.66. The zero-order valence-electron chi connectivity index (χ0n) is 42.3. The van der Waals surface area contributed by atoms with E-state index in [4.69, 9.17) is 0 Å². The average molecular weight is 911 g/mol. The van der Waals surface area contributed by atoms with E-state index in [0.717, 1.165) is 0 Å². The molecule has 4 aliphatic heterocycles. The monoisotopic (exact) mass is 910 g/mol. The molecular weight excluding hydrogens is 850 g/mol. The number of anilines is 5. The van der Waals surface area contributed by atoms with Gasteiger partial charge in [-0.3, -0.25) is 0 Å². The van der Waals surface area contributed by atoms with E-state index in [1.807, 2.05) is 11.3 Å². The number of hydrogen-bond donors (Lipinski definition) is 0. The minimum Gasteiger partial charge on any atom is -0.377 e. The normalized spacial score (nSPS) is 14.6. The lowest BCUT2D eigenvalue weighted by Gasteiger charge is -2.52. The predicted molar refractivity (Wildman–Crippen MR) is 303 cm³/mol. The quantitative estimate of drug-likeness (QED) is 0.160. The first-order valence-corrected chi connectivity index (χ1v) is 26.0. The van der Waals surface area contributed by atoms with E-state index in [2.05, 4.69) is 238 Å². The molecule has 0 saturated carbocycles. The third-order valence-corrected chi connectivity index (χ3v) is 17.3. The van der Waals surface area contributed by atoms with E-state index in [-0.39, 0.29) is 35.2 Å². The Hall–Kier alpha value is -6.29. The van der Waals surface area contributed by atoms with Crippen LogP contribution in [-0.4, -0.2) is 13.6 Å². The molecule has 5 heteroatoms. The Morgan fingerprint density at radius 3 is 1.65 bits per heavy atom. The van der Waals surface area contributed by atoms with Gasteiger partial charge >= 0.3 is 6.85 Å². The summed E-state index contributed by atoms with van der Waals surface area (Å²) in [7, 11) is 0. The molecule has 8 aromatic carbocycles. The third-order valence-electron chi connectivity index (χ3n) is 16.0. The average Bonchev–Trinajstić information content (AvgIpc) is 3.70. The second kappa shape index (κ2) is 14.2. The minimum absolute atomic E-state index is 0.000404. The molecule has 0 N–H and O–H groups in total. The molecule has 9 aromatic rings. The van der Waals surface area contributed by atoms with Crippen LogP contribution in [0.5, 0.6) is 0 Å². The lowest BCUT2D eigenvalue weighted by molar-refractivity contribution is 0.590. The van der Waals surface area contributed by atoms with Crippen LogP contribution in [-0.2, 0) is 21.7 Å². The van der Waals surface area contributed by atoms with Crippen molar-refractivity contribution >= 4 is 101 Å². The van der Waals surface area contributed by atoms with Gasteiger partial charge in [0.2, 0.25) is 0 Å². The molecule has 2 nitrogen and oxygen atoms in total. The maximum atomic E-state index is 2.83. The van der Waals surface area contributed by atoms with E-state index in [1.165, 1.54) is 132 Å². The molecule has 5 heterocycles. The summed E-state index contributed by atoms with van der Waals surface area (Å²) in [5.74, 6) is 0. The Morgan fingerprint density at radius 1 is 0.406 bits per heavy atom. The SMILES string of the molecule is CC(C)(C)c1ccc2c(c1)B1c3cc(C(C)(C)C)ccc3-c3ccc4c5c3N1c1c(cc(C(C)(C)C)cc1-2)B5c1cc(C(C)(C)C)ccc1N4c1cccc(-c2cccc3c2sc2ccccc23)c1. The number of benzene rings is 8. The number of nitrogens with zero attached hydrogens (tertiary/aromatic N) is 2. The van der Waals surface area contributed by atoms with Crippen molar-refractivity contribution in [3.05, 3.63) is 168 Å². The molecule has 4 aliphatic rings. The largest absolute Gasteiger partial charge is 0.377 e. The Labute approximate surface area is 414 Å². The second-order valence-corrected chi connectivity index (χ2v) is 25.7. The molecule has 69 heavy (non-hydrogen) atoms. The summed E-state index contributed by atoms with van der Waals surface area (Å²) < 4.78 is 2.67. The molecule has 13 rings (SSSR count). The van der Waals surface area contributed by atoms with Gasteiger partial charge in [0.1, 0.15) is 0 Å². The lowest BCUT2D eigenvalue weighted by atomic mass is 9.30.